The highest BCUT2D eigenvalue weighted by Gasteiger charge is 2.22. The molecular weight excluding hydrogens is 319 g/mol. The summed E-state index contributed by atoms with van der Waals surface area (Å²) in [6.45, 7) is 1.74. The van der Waals surface area contributed by atoms with Crippen LogP contribution in [0.4, 0.5) is 13.2 Å². The number of rotatable bonds is 8. The van der Waals surface area contributed by atoms with E-state index >= 15 is 0 Å². The number of benzene rings is 1. The number of alkyl halides is 1. The third kappa shape index (κ3) is 5.18. The maximum atomic E-state index is 13.8. The second-order valence-corrected chi connectivity index (χ2v) is 5.32. The average Bonchev–Trinajstić information content (AvgIpc) is 2.46. The lowest BCUT2D eigenvalue weighted by atomic mass is 9.93. The van der Waals surface area contributed by atoms with E-state index in [-0.39, 0.29) is 36.4 Å². The van der Waals surface area contributed by atoms with E-state index in [2.05, 4.69) is 4.74 Å². The van der Waals surface area contributed by atoms with E-state index in [4.69, 9.17) is 17.3 Å². The first-order valence-electron chi connectivity index (χ1n) is 7.07. The quantitative estimate of drug-likeness (QED) is 0.574. The molecule has 1 aromatic carbocycles. The normalized spacial score (nSPS) is 13.7. The third-order valence-corrected chi connectivity index (χ3v) is 3.57. The van der Waals surface area contributed by atoms with Crippen LogP contribution in [0.5, 0.6) is 0 Å². The minimum absolute atomic E-state index is 0.0264. The van der Waals surface area contributed by atoms with Gasteiger partial charge in [-0.05, 0) is 31.5 Å². The first-order chi connectivity index (χ1) is 10.4. The number of halogens is 4. The summed E-state index contributed by atoms with van der Waals surface area (Å²) in [7, 11) is 0. The summed E-state index contributed by atoms with van der Waals surface area (Å²) >= 11 is 5.88. The molecule has 1 aromatic rings. The Balaban J connectivity index is 2.71. The molecule has 0 saturated heterocycles. The van der Waals surface area contributed by atoms with Crippen LogP contribution in [0.1, 0.15) is 44.1 Å². The Kier molecular flexibility index (Phi) is 7.68. The van der Waals surface area contributed by atoms with Crippen molar-refractivity contribution >= 4 is 17.6 Å². The van der Waals surface area contributed by atoms with Crippen LogP contribution in [0.15, 0.2) is 12.1 Å². The Hall–Kier alpha value is -1.27. The number of nitrogens with two attached hydrogens (primary N) is 1. The maximum absolute atomic E-state index is 13.8. The molecule has 2 atom stereocenters. The Morgan fingerprint density at radius 1 is 1.36 bits per heavy atom. The predicted molar refractivity (Wildman–Crippen MR) is 78.3 cm³/mol. The molecule has 0 saturated carbocycles. The molecule has 3 nitrogen and oxygen atoms in total. The van der Waals surface area contributed by atoms with Crippen molar-refractivity contribution in [3.63, 3.8) is 0 Å². The molecule has 1 rings (SSSR count). The van der Waals surface area contributed by atoms with Crippen LogP contribution in [-0.4, -0.2) is 18.9 Å². The molecule has 2 N–H and O–H groups in total. The zero-order chi connectivity index (χ0) is 16.7. The number of carbonyl (C=O) groups excluding carboxylic acids is 1. The highest BCUT2D eigenvalue weighted by atomic mass is 35.5. The summed E-state index contributed by atoms with van der Waals surface area (Å²) in [6.07, 6.45) is -1.05. The van der Waals surface area contributed by atoms with Gasteiger partial charge in [-0.1, -0.05) is 18.5 Å². The molecule has 0 fully saturated rings. The second kappa shape index (κ2) is 9.00. The molecule has 0 bridgehead atoms. The average molecular weight is 338 g/mol. The summed E-state index contributed by atoms with van der Waals surface area (Å²) < 4.78 is 44.9. The van der Waals surface area contributed by atoms with E-state index in [1.807, 2.05) is 0 Å². The number of carbonyl (C=O) groups is 1. The van der Waals surface area contributed by atoms with Gasteiger partial charge in [-0.25, -0.2) is 13.2 Å². The van der Waals surface area contributed by atoms with Gasteiger partial charge in [0.05, 0.1) is 0 Å². The summed E-state index contributed by atoms with van der Waals surface area (Å²) in [5.41, 5.74) is 5.49. The van der Waals surface area contributed by atoms with Gasteiger partial charge in [0.2, 0.25) is 6.36 Å². The Bertz CT molecular complexity index is 514. The van der Waals surface area contributed by atoms with E-state index < -0.39 is 29.9 Å². The zero-order valence-corrected chi connectivity index (χ0v) is 13.0. The molecule has 124 valence electrons. The van der Waals surface area contributed by atoms with Gasteiger partial charge < -0.3 is 10.5 Å². The smallest absolute Gasteiger partial charge is 0.308 e. The van der Waals surface area contributed by atoms with E-state index in [0.29, 0.717) is 6.42 Å². The standard InChI is InChI=1S/C15H19ClF3NO2/c1-2-3-12(18)22-13(21)7-4-9(8-20)14-10(16)5-6-11(17)15(14)19/h5-6,9,12H,2-4,7-8,20H2,1H3. The molecule has 2 unspecified atom stereocenters. The van der Waals surface area contributed by atoms with Crippen LogP contribution in [0.3, 0.4) is 0 Å². The summed E-state index contributed by atoms with van der Waals surface area (Å²) in [6, 6.07) is 2.15. The topological polar surface area (TPSA) is 52.3 Å². The first-order valence-corrected chi connectivity index (χ1v) is 7.45. The predicted octanol–water partition coefficient (Wildman–Crippen LogP) is 4.08. The fourth-order valence-electron chi connectivity index (χ4n) is 2.08. The SMILES string of the molecule is CCCC(F)OC(=O)CCC(CN)c1c(Cl)ccc(F)c1F. The molecule has 0 amide bonds. The second-order valence-electron chi connectivity index (χ2n) is 4.92. The van der Waals surface area contributed by atoms with E-state index in [0.717, 1.165) is 6.07 Å². The Labute approximate surface area is 132 Å². The van der Waals surface area contributed by atoms with Crippen molar-refractivity contribution < 1.29 is 22.7 Å². The van der Waals surface area contributed by atoms with Crippen LogP contribution in [0.2, 0.25) is 5.02 Å². The van der Waals surface area contributed by atoms with Gasteiger partial charge in [0.15, 0.2) is 11.6 Å². The maximum Gasteiger partial charge on any atom is 0.308 e. The molecule has 0 aliphatic heterocycles. The van der Waals surface area contributed by atoms with Crippen molar-refractivity contribution in [3.8, 4) is 0 Å². The molecule has 0 aliphatic rings. The van der Waals surface area contributed by atoms with Crippen LogP contribution in [0, 0.1) is 11.6 Å². The van der Waals surface area contributed by atoms with E-state index in [1.165, 1.54) is 6.07 Å². The Morgan fingerprint density at radius 2 is 2.05 bits per heavy atom. The van der Waals surface area contributed by atoms with Crippen LogP contribution >= 0.6 is 11.6 Å². The number of hydrogen-bond acceptors (Lipinski definition) is 3. The summed E-state index contributed by atoms with van der Waals surface area (Å²) in [5.74, 6) is -3.51. The van der Waals surface area contributed by atoms with Crippen molar-refractivity contribution in [1.29, 1.82) is 0 Å². The number of esters is 1. The van der Waals surface area contributed by atoms with Crippen LogP contribution in [-0.2, 0) is 9.53 Å². The van der Waals surface area contributed by atoms with Crippen molar-refractivity contribution in [2.24, 2.45) is 5.73 Å². The number of hydrogen-bond donors (Lipinski definition) is 1. The largest absolute Gasteiger partial charge is 0.431 e. The molecule has 0 radical (unpaired) electrons. The van der Waals surface area contributed by atoms with Gasteiger partial charge in [0.25, 0.3) is 0 Å². The highest BCUT2D eigenvalue weighted by Crippen LogP contribution is 2.31. The molecule has 0 aliphatic carbocycles. The van der Waals surface area contributed by atoms with Crippen LogP contribution in [0.25, 0.3) is 0 Å². The van der Waals surface area contributed by atoms with Gasteiger partial charge in [-0.2, -0.15) is 0 Å². The molecular formula is C15H19ClF3NO2. The Morgan fingerprint density at radius 3 is 2.64 bits per heavy atom. The summed E-state index contributed by atoms with van der Waals surface area (Å²) in [4.78, 5) is 11.5. The fraction of sp³-hybridized carbons (Fsp3) is 0.533. The lowest BCUT2D eigenvalue weighted by molar-refractivity contribution is -0.158. The van der Waals surface area contributed by atoms with Gasteiger partial charge in [0, 0.05) is 29.3 Å². The molecule has 0 heterocycles. The monoisotopic (exact) mass is 337 g/mol. The molecule has 0 spiro atoms. The van der Waals surface area contributed by atoms with Crippen LogP contribution < -0.4 is 5.73 Å². The van der Waals surface area contributed by atoms with Crippen molar-refractivity contribution in [1.82, 2.24) is 0 Å². The first kappa shape index (κ1) is 18.8. The minimum Gasteiger partial charge on any atom is -0.431 e. The lowest BCUT2D eigenvalue weighted by Gasteiger charge is -2.18. The van der Waals surface area contributed by atoms with Crippen molar-refractivity contribution in [2.75, 3.05) is 6.54 Å². The van der Waals surface area contributed by atoms with Crippen molar-refractivity contribution in [2.45, 2.75) is 44.9 Å². The van der Waals surface area contributed by atoms with Gasteiger partial charge in [-0.15, -0.1) is 0 Å². The highest BCUT2D eigenvalue weighted by molar-refractivity contribution is 6.31. The van der Waals surface area contributed by atoms with Gasteiger partial charge in [-0.3, -0.25) is 4.79 Å². The minimum atomic E-state index is -1.65. The zero-order valence-electron chi connectivity index (χ0n) is 12.3. The molecule has 7 heteroatoms. The molecule has 0 aromatic heterocycles. The van der Waals surface area contributed by atoms with E-state index in [1.54, 1.807) is 6.92 Å². The third-order valence-electron chi connectivity index (χ3n) is 3.24. The van der Waals surface area contributed by atoms with Crippen molar-refractivity contribution in [3.05, 3.63) is 34.4 Å². The number of ether oxygens (including phenoxy) is 1. The fourth-order valence-corrected chi connectivity index (χ4v) is 2.38. The lowest BCUT2D eigenvalue weighted by Crippen LogP contribution is -2.19. The van der Waals surface area contributed by atoms with E-state index in [9.17, 15) is 18.0 Å². The molecule has 22 heavy (non-hydrogen) atoms. The van der Waals surface area contributed by atoms with Gasteiger partial charge >= 0.3 is 5.97 Å². The van der Waals surface area contributed by atoms with Gasteiger partial charge in [0.1, 0.15) is 0 Å². The summed E-state index contributed by atoms with van der Waals surface area (Å²) in [5, 5.41) is 0.0390.